The first-order valence-corrected chi connectivity index (χ1v) is 6.83. The number of rotatable bonds is 2. The number of hydrogen-bond acceptors (Lipinski definition) is 3. The first kappa shape index (κ1) is 13.3. The fraction of sp³-hybridized carbons (Fsp3) is 0.267. The SMILES string of the molecule is O[C@H]1C[C@H](c2cccc(F)c2)N(c2ccc(Cl)cn2)C1. The van der Waals surface area contributed by atoms with Crippen LogP contribution in [0.1, 0.15) is 18.0 Å². The summed E-state index contributed by atoms with van der Waals surface area (Å²) in [5, 5.41) is 10.5. The molecule has 1 N–H and O–H groups in total. The van der Waals surface area contributed by atoms with E-state index < -0.39 is 6.10 Å². The maximum atomic E-state index is 13.4. The molecule has 1 fully saturated rings. The minimum Gasteiger partial charge on any atom is -0.391 e. The molecule has 0 amide bonds. The molecule has 1 aliphatic heterocycles. The molecule has 0 radical (unpaired) electrons. The van der Waals surface area contributed by atoms with Gasteiger partial charge < -0.3 is 10.0 Å². The number of halogens is 2. The lowest BCUT2D eigenvalue weighted by molar-refractivity contribution is 0.194. The van der Waals surface area contributed by atoms with Gasteiger partial charge in [-0.2, -0.15) is 0 Å². The summed E-state index contributed by atoms with van der Waals surface area (Å²) in [4.78, 5) is 6.26. The van der Waals surface area contributed by atoms with Gasteiger partial charge in [-0.15, -0.1) is 0 Å². The summed E-state index contributed by atoms with van der Waals surface area (Å²) in [6.45, 7) is 0.482. The third kappa shape index (κ3) is 2.62. The Hall–Kier alpha value is -1.65. The van der Waals surface area contributed by atoms with Gasteiger partial charge in [0.1, 0.15) is 11.6 Å². The molecule has 1 aromatic carbocycles. The smallest absolute Gasteiger partial charge is 0.129 e. The first-order valence-electron chi connectivity index (χ1n) is 6.45. The van der Waals surface area contributed by atoms with Gasteiger partial charge in [-0.3, -0.25) is 0 Å². The van der Waals surface area contributed by atoms with Gasteiger partial charge in [-0.25, -0.2) is 9.37 Å². The number of aliphatic hydroxyl groups excluding tert-OH is 1. The summed E-state index contributed by atoms with van der Waals surface area (Å²) in [6, 6.07) is 9.97. The van der Waals surface area contributed by atoms with Crippen molar-refractivity contribution in [2.75, 3.05) is 11.4 Å². The van der Waals surface area contributed by atoms with Crippen molar-refractivity contribution < 1.29 is 9.50 Å². The van der Waals surface area contributed by atoms with E-state index in [1.54, 1.807) is 18.3 Å². The highest BCUT2D eigenvalue weighted by Crippen LogP contribution is 2.35. The van der Waals surface area contributed by atoms with Crippen molar-refractivity contribution in [1.82, 2.24) is 4.98 Å². The van der Waals surface area contributed by atoms with Crippen molar-refractivity contribution in [3.63, 3.8) is 0 Å². The average Bonchev–Trinajstić information content (AvgIpc) is 2.82. The Bertz CT molecular complexity index is 605. The van der Waals surface area contributed by atoms with E-state index >= 15 is 0 Å². The third-order valence-corrected chi connectivity index (χ3v) is 3.74. The van der Waals surface area contributed by atoms with Crippen LogP contribution in [0.25, 0.3) is 0 Å². The molecular weight excluding hydrogens is 279 g/mol. The van der Waals surface area contributed by atoms with Gasteiger partial charge in [-0.1, -0.05) is 23.7 Å². The summed E-state index contributed by atoms with van der Waals surface area (Å²) in [6.07, 6.45) is 1.69. The van der Waals surface area contributed by atoms with Gasteiger partial charge in [-0.05, 0) is 36.2 Å². The van der Waals surface area contributed by atoms with E-state index in [9.17, 15) is 9.50 Å². The summed E-state index contributed by atoms with van der Waals surface area (Å²) in [7, 11) is 0. The molecule has 20 heavy (non-hydrogen) atoms. The van der Waals surface area contributed by atoms with Gasteiger partial charge in [0, 0.05) is 12.7 Å². The van der Waals surface area contributed by atoms with Crippen LogP contribution in [-0.2, 0) is 0 Å². The Morgan fingerprint density at radius 1 is 1.30 bits per heavy atom. The van der Waals surface area contributed by atoms with Crippen LogP contribution in [-0.4, -0.2) is 22.7 Å². The van der Waals surface area contributed by atoms with Crippen LogP contribution in [0.4, 0.5) is 10.2 Å². The second-order valence-electron chi connectivity index (χ2n) is 4.95. The van der Waals surface area contributed by atoms with Crippen LogP contribution in [0, 0.1) is 5.82 Å². The second-order valence-corrected chi connectivity index (χ2v) is 5.38. The van der Waals surface area contributed by atoms with Crippen LogP contribution in [0.5, 0.6) is 0 Å². The number of hydrogen-bond donors (Lipinski definition) is 1. The van der Waals surface area contributed by atoms with Crippen LogP contribution in [0.15, 0.2) is 42.6 Å². The van der Waals surface area contributed by atoms with Crippen LogP contribution in [0.3, 0.4) is 0 Å². The number of pyridine rings is 1. The Morgan fingerprint density at radius 2 is 2.15 bits per heavy atom. The minimum atomic E-state index is -0.444. The van der Waals surface area contributed by atoms with E-state index in [4.69, 9.17) is 11.6 Å². The van der Waals surface area contributed by atoms with Crippen molar-refractivity contribution in [3.8, 4) is 0 Å². The minimum absolute atomic E-state index is 0.0747. The Kier molecular flexibility index (Phi) is 3.59. The molecule has 2 heterocycles. The molecule has 2 atom stereocenters. The van der Waals surface area contributed by atoms with Crippen LogP contribution in [0.2, 0.25) is 5.02 Å². The summed E-state index contributed by atoms with van der Waals surface area (Å²) < 4.78 is 13.4. The van der Waals surface area contributed by atoms with Gasteiger partial charge in [0.2, 0.25) is 0 Å². The van der Waals surface area contributed by atoms with Crippen molar-refractivity contribution in [3.05, 3.63) is 59.0 Å². The van der Waals surface area contributed by atoms with E-state index in [1.165, 1.54) is 12.1 Å². The van der Waals surface area contributed by atoms with E-state index in [0.29, 0.717) is 18.0 Å². The summed E-state index contributed by atoms with van der Waals surface area (Å²) >= 11 is 5.84. The third-order valence-electron chi connectivity index (χ3n) is 3.52. The van der Waals surface area contributed by atoms with Crippen LogP contribution >= 0.6 is 11.6 Å². The number of benzene rings is 1. The number of aliphatic hydroxyl groups is 1. The van der Waals surface area contributed by atoms with Crippen molar-refractivity contribution in [2.45, 2.75) is 18.6 Å². The zero-order chi connectivity index (χ0) is 14.1. The standard InChI is InChI=1S/C15H14ClFN2O/c16-11-4-5-15(18-8-11)19-9-13(20)7-14(19)10-2-1-3-12(17)6-10/h1-6,8,13-14,20H,7,9H2/t13-,14+/m0/s1. The first-order chi connectivity index (χ1) is 9.63. The molecule has 2 aromatic rings. The molecule has 1 aromatic heterocycles. The molecule has 5 heteroatoms. The Balaban J connectivity index is 1.94. The molecule has 1 saturated heterocycles. The molecule has 0 bridgehead atoms. The average molecular weight is 293 g/mol. The Morgan fingerprint density at radius 3 is 2.85 bits per heavy atom. The maximum absolute atomic E-state index is 13.4. The maximum Gasteiger partial charge on any atom is 0.129 e. The van der Waals surface area contributed by atoms with E-state index in [2.05, 4.69) is 4.98 Å². The molecule has 0 saturated carbocycles. The zero-order valence-electron chi connectivity index (χ0n) is 10.7. The molecule has 0 aliphatic carbocycles. The molecule has 3 rings (SSSR count). The highest BCUT2D eigenvalue weighted by Gasteiger charge is 2.33. The van der Waals surface area contributed by atoms with Gasteiger partial charge in [0.25, 0.3) is 0 Å². The lowest BCUT2D eigenvalue weighted by atomic mass is 10.0. The Labute approximate surface area is 121 Å². The quantitative estimate of drug-likeness (QED) is 0.923. The molecule has 0 spiro atoms. The van der Waals surface area contributed by atoms with Crippen LogP contribution < -0.4 is 4.90 Å². The number of aromatic nitrogens is 1. The fourth-order valence-electron chi connectivity index (χ4n) is 2.63. The lowest BCUT2D eigenvalue weighted by Crippen LogP contribution is -2.25. The highest BCUT2D eigenvalue weighted by atomic mass is 35.5. The van der Waals surface area contributed by atoms with Crippen molar-refractivity contribution in [2.24, 2.45) is 0 Å². The topological polar surface area (TPSA) is 36.4 Å². The van der Waals surface area contributed by atoms with Gasteiger partial charge >= 0.3 is 0 Å². The normalized spacial score (nSPS) is 22.2. The monoisotopic (exact) mass is 292 g/mol. The largest absolute Gasteiger partial charge is 0.391 e. The van der Waals surface area contributed by atoms with E-state index in [1.807, 2.05) is 17.0 Å². The summed E-state index contributed by atoms with van der Waals surface area (Å²) in [5.74, 6) is 0.466. The number of anilines is 1. The van der Waals surface area contributed by atoms with E-state index in [0.717, 1.165) is 11.4 Å². The fourth-order valence-corrected chi connectivity index (χ4v) is 2.75. The molecule has 1 aliphatic rings. The predicted molar refractivity (Wildman–Crippen MR) is 76.4 cm³/mol. The zero-order valence-corrected chi connectivity index (χ0v) is 11.5. The number of nitrogens with zero attached hydrogens (tertiary/aromatic N) is 2. The van der Waals surface area contributed by atoms with Crippen molar-refractivity contribution >= 4 is 17.4 Å². The van der Waals surface area contributed by atoms with E-state index in [-0.39, 0.29) is 11.9 Å². The summed E-state index contributed by atoms with van der Waals surface area (Å²) in [5.41, 5.74) is 0.846. The van der Waals surface area contributed by atoms with Crippen molar-refractivity contribution in [1.29, 1.82) is 0 Å². The molecular formula is C15H14ClFN2O. The molecule has 3 nitrogen and oxygen atoms in total. The van der Waals surface area contributed by atoms with Gasteiger partial charge in [0.05, 0.1) is 17.2 Å². The lowest BCUT2D eigenvalue weighted by Gasteiger charge is -2.25. The number of β-amino-alcohol motifs (C(OH)–C–C–N with tert-alkyl or cyclic N) is 1. The molecule has 104 valence electrons. The second kappa shape index (κ2) is 5.38. The predicted octanol–water partition coefficient (Wildman–Crippen LogP) is 3.19. The highest BCUT2D eigenvalue weighted by molar-refractivity contribution is 6.30. The molecule has 0 unspecified atom stereocenters. The van der Waals surface area contributed by atoms with Gasteiger partial charge in [0.15, 0.2) is 0 Å².